The second-order valence-corrected chi connectivity index (χ2v) is 5.00. The van der Waals surface area contributed by atoms with E-state index in [4.69, 9.17) is 4.74 Å². The fourth-order valence-corrected chi connectivity index (χ4v) is 2.36. The highest BCUT2D eigenvalue weighted by Gasteiger charge is 2.26. The van der Waals surface area contributed by atoms with Crippen LogP contribution < -0.4 is 15.4 Å². The molecule has 2 rings (SSSR count). The van der Waals surface area contributed by atoms with E-state index in [1.807, 2.05) is 19.1 Å². The number of nitrogens with one attached hydrogen (secondary N) is 2. The Hall–Kier alpha value is -2.04. The smallest absolute Gasteiger partial charge is 0.242 e. The zero-order valence-corrected chi connectivity index (χ0v) is 11.9. The minimum absolute atomic E-state index is 0.0454. The molecule has 1 aromatic carbocycles. The summed E-state index contributed by atoms with van der Waals surface area (Å²) in [5.41, 5.74) is 2.23. The van der Waals surface area contributed by atoms with Crippen LogP contribution in [0.4, 0.5) is 0 Å². The van der Waals surface area contributed by atoms with Crippen molar-refractivity contribution in [2.24, 2.45) is 0 Å². The van der Waals surface area contributed by atoms with Crippen LogP contribution in [0.5, 0.6) is 5.75 Å². The summed E-state index contributed by atoms with van der Waals surface area (Å²) >= 11 is 0. The van der Waals surface area contributed by atoms with Gasteiger partial charge < -0.3 is 15.4 Å². The Kier molecular flexibility index (Phi) is 4.61. The topological polar surface area (TPSA) is 67.4 Å². The largest absolute Gasteiger partial charge is 0.496 e. The molecule has 5 nitrogen and oxygen atoms in total. The Bertz CT molecular complexity index is 514. The van der Waals surface area contributed by atoms with Gasteiger partial charge in [-0.2, -0.15) is 0 Å². The summed E-state index contributed by atoms with van der Waals surface area (Å²) in [5, 5.41) is 5.52. The molecule has 108 valence electrons. The summed E-state index contributed by atoms with van der Waals surface area (Å²) in [6.45, 7) is 2.56. The number of amides is 2. The highest BCUT2D eigenvalue weighted by molar-refractivity contribution is 5.90. The average molecular weight is 276 g/mol. The van der Waals surface area contributed by atoms with E-state index in [9.17, 15) is 9.59 Å². The molecule has 0 aliphatic carbocycles. The number of rotatable bonds is 5. The van der Waals surface area contributed by atoms with E-state index in [2.05, 4.69) is 16.7 Å². The lowest BCUT2D eigenvalue weighted by Crippen LogP contribution is -2.42. The van der Waals surface area contributed by atoms with Gasteiger partial charge in [0, 0.05) is 13.0 Å². The molecule has 5 heteroatoms. The number of ether oxygens (including phenoxy) is 1. The Morgan fingerprint density at radius 2 is 2.30 bits per heavy atom. The summed E-state index contributed by atoms with van der Waals surface area (Å²) in [5.74, 6) is 0.725. The van der Waals surface area contributed by atoms with Gasteiger partial charge in [0.15, 0.2) is 0 Å². The number of hydrogen-bond donors (Lipinski definition) is 2. The number of benzene rings is 1. The van der Waals surface area contributed by atoms with Gasteiger partial charge in [-0.1, -0.05) is 12.1 Å². The highest BCUT2D eigenvalue weighted by Crippen LogP contribution is 2.18. The molecule has 1 aromatic rings. The van der Waals surface area contributed by atoms with Gasteiger partial charge in [-0.15, -0.1) is 0 Å². The molecule has 1 saturated heterocycles. The lowest BCUT2D eigenvalue weighted by molar-refractivity contribution is -0.125. The predicted molar refractivity (Wildman–Crippen MR) is 75.6 cm³/mol. The molecule has 0 bridgehead atoms. The second-order valence-electron chi connectivity index (χ2n) is 5.00. The molecule has 0 radical (unpaired) electrons. The van der Waals surface area contributed by atoms with E-state index in [0.29, 0.717) is 19.4 Å². The zero-order chi connectivity index (χ0) is 14.5. The Morgan fingerprint density at radius 1 is 1.50 bits per heavy atom. The van der Waals surface area contributed by atoms with Crippen molar-refractivity contribution < 1.29 is 14.3 Å². The van der Waals surface area contributed by atoms with Crippen molar-refractivity contribution in [1.29, 1.82) is 0 Å². The maximum absolute atomic E-state index is 11.8. The average Bonchev–Trinajstić information content (AvgIpc) is 2.85. The van der Waals surface area contributed by atoms with Gasteiger partial charge in [0.1, 0.15) is 11.8 Å². The summed E-state index contributed by atoms with van der Waals surface area (Å²) in [6, 6.07) is 5.63. The Balaban J connectivity index is 1.79. The third-order valence-corrected chi connectivity index (χ3v) is 3.48. The SMILES string of the molecule is COc1ccc(CCNC(=O)C2CCC(=O)N2)cc1C. The minimum Gasteiger partial charge on any atom is -0.496 e. The van der Waals surface area contributed by atoms with Gasteiger partial charge in [0.2, 0.25) is 11.8 Å². The van der Waals surface area contributed by atoms with Crippen molar-refractivity contribution in [3.63, 3.8) is 0 Å². The minimum atomic E-state index is -0.361. The van der Waals surface area contributed by atoms with Crippen LogP contribution in [-0.2, 0) is 16.0 Å². The first kappa shape index (κ1) is 14.4. The van der Waals surface area contributed by atoms with Crippen LogP contribution in [0.1, 0.15) is 24.0 Å². The van der Waals surface area contributed by atoms with E-state index in [1.165, 1.54) is 0 Å². The molecule has 0 saturated carbocycles. The monoisotopic (exact) mass is 276 g/mol. The van der Waals surface area contributed by atoms with E-state index in [-0.39, 0.29) is 17.9 Å². The van der Waals surface area contributed by atoms with Gasteiger partial charge in [-0.3, -0.25) is 9.59 Å². The molecule has 2 N–H and O–H groups in total. The van der Waals surface area contributed by atoms with Gasteiger partial charge in [-0.05, 0) is 37.0 Å². The van der Waals surface area contributed by atoms with E-state index in [0.717, 1.165) is 23.3 Å². The van der Waals surface area contributed by atoms with Gasteiger partial charge in [0.05, 0.1) is 7.11 Å². The van der Waals surface area contributed by atoms with Crippen LogP contribution in [0.25, 0.3) is 0 Å². The fourth-order valence-electron chi connectivity index (χ4n) is 2.36. The molecule has 1 atom stereocenters. The van der Waals surface area contributed by atoms with Crippen molar-refractivity contribution in [3.05, 3.63) is 29.3 Å². The van der Waals surface area contributed by atoms with Crippen LogP contribution in [0.2, 0.25) is 0 Å². The summed E-state index contributed by atoms with van der Waals surface area (Å²) in [4.78, 5) is 22.9. The Morgan fingerprint density at radius 3 is 2.90 bits per heavy atom. The summed E-state index contributed by atoms with van der Waals surface area (Å²) in [6.07, 6.45) is 1.79. The third-order valence-electron chi connectivity index (χ3n) is 3.48. The molecule has 20 heavy (non-hydrogen) atoms. The maximum Gasteiger partial charge on any atom is 0.242 e. The molecule has 2 amide bonds. The van der Waals surface area contributed by atoms with Crippen LogP contribution in [-0.4, -0.2) is 31.5 Å². The molecule has 1 fully saturated rings. The molecule has 1 aliphatic rings. The number of carbonyl (C=O) groups is 2. The van der Waals surface area contributed by atoms with Crippen molar-refractivity contribution in [3.8, 4) is 5.75 Å². The first-order valence-corrected chi connectivity index (χ1v) is 6.80. The second kappa shape index (κ2) is 6.41. The highest BCUT2D eigenvalue weighted by atomic mass is 16.5. The van der Waals surface area contributed by atoms with Gasteiger partial charge >= 0.3 is 0 Å². The van der Waals surface area contributed by atoms with Gasteiger partial charge in [0.25, 0.3) is 0 Å². The molecule has 1 heterocycles. The number of carbonyl (C=O) groups excluding carboxylic acids is 2. The van der Waals surface area contributed by atoms with E-state index < -0.39 is 0 Å². The quantitative estimate of drug-likeness (QED) is 0.841. The fraction of sp³-hybridized carbons (Fsp3) is 0.467. The number of aryl methyl sites for hydroxylation is 1. The predicted octanol–water partition coefficient (Wildman–Crippen LogP) is 0.941. The lowest BCUT2D eigenvalue weighted by atomic mass is 10.1. The molecule has 1 unspecified atom stereocenters. The van der Waals surface area contributed by atoms with E-state index >= 15 is 0 Å². The number of hydrogen-bond acceptors (Lipinski definition) is 3. The molecule has 0 spiro atoms. The van der Waals surface area contributed by atoms with Crippen molar-refractivity contribution in [2.45, 2.75) is 32.2 Å². The van der Waals surface area contributed by atoms with Crippen molar-refractivity contribution in [2.75, 3.05) is 13.7 Å². The van der Waals surface area contributed by atoms with E-state index in [1.54, 1.807) is 7.11 Å². The van der Waals surface area contributed by atoms with Crippen LogP contribution in [0.15, 0.2) is 18.2 Å². The summed E-state index contributed by atoms with van der Waals surface area (Å²) < 4.78 is 5.21. The van der Waals surface area contributed by atoms with Crippen molar-refractivity contribution >= 4 is 11.8 Å². The van der Waals surface area contributed by atoms with Crippen LogP contribution in [0, 0.1) is 6.92 Å². The molecular formula is C15H20N2O3. The lowest BCUT2D eigenvalue weighted by Gasteiger charge is -2.11. The van der Waals surface area contributed by atoms with Crippen molar-refractivity contribution in [1.82, 2.24) is 10.6 Å². The standard InChI is InChI=1S/C15H20N2O3/c1-10-9-11(3-5-13(10)20-2)7-8-16-15(19)12-4-6-14(18)17-12/h3,5,9,12H,4,6-8H2,1-2H3,(H,16,19)(H,17,18). The van der Waals surface area contributed by atoms with Crippen LogP contribution in [0.3, 0.4) is 0 Å². The first-order chi connectivity index (χ1) is 9.60. The Labute approximate surface area is 118 Å². The maximum atomic E-state index is 11.8. The molecule has 1 aliphatic heterocycles. The molecule has 0 aromatic heterocycles. The first-order valence-electron chi connectivity index (χ1n) is 6.80. The zero-order valence-electron chi connectivity index (χ0n) is 11.9. The van der Waals surface area contributed by atoms with Gasteiger partial charge in [-0.25, -0.2) is 0 Å². The molecular weight excluding hydrogens is 256 g/mol. The normalized spacial score (nSPS) is 17.7. The van der Waals surface area contributed by atoms with Crippen LogP contribution >= 0.6 is 0 Å². The number of methoxy groups -OCH3 is 1. The summed E-state index contributed by atoms with van der Waals surface area (Å²) in [7, 11) is 1.65. The third kappa shape index (κ3) is 3.50.